The van der Waals surface area contributed by atoms with E-state index in [4.69, 9.17) is 4.74 Å². The van der Waals surface area contributed by atoms with Gasteiger partial charge in [-0.15, -0.1) is 5.10 Å². The van der Waals surface area contributed by atoms with Gasteiger partial charge in [0.05, 0.1) is 6.04 Å². The minimum Gasteiger partial charge on any atom is -0.373 e. The molecule has 156 valence electrons. The van der Waals surface area contributed by atoms with Crippen LogP contribution in [0.2, 0.25) is 0 Å². The number of nitrogens with one attached hydrogen (secondary N) is 1. The smallest absolute Gasteiger partial charge is 0.373 e. The minimum absolute atomic E-state index is 0.0139. The monoisotopic (exact) mass is 412 g/mol. The molecule has 1 atom stereocenters. The molecule has 1 aromatic carbocycles. The number of aromatic nitrogens is 4. The van der Waals surface area contributed by atoms with E-state index < -0.39 is 6.09 Å². The lowest BCUT2D eigenvalue weighted by atomic mass is 10.1. The maximum atomic E-state index is 13.1. The molecule has 1 aliphatic carbocycles. The number of hydrogen-bond acceptors (Lipinski definition) is 5. The third kappa shape index (κ3) is 3.63. The number of fused-ring (bicyclic) bond motifs is 1. The van der Waals surface area contributed by atoms with Crippen LogP contribution in [0.5, 0.6) is 6.01 Å². The van der Waals surface area contributed by atoms with Crippen LogP contribution < -0.4 is 10.1 Å². The molecule has 0 saturated carbocycles. The molecule has 0 aliphatic heterocycles. The molecular formula is C20H21FN6O3. The van der Waals surface area contributed by atoms with E-state index in [1.807, 2.05) is 6.20 Å². The number of halogens is 1. The van der Waals surface area contributed by atoms with Crippen LogP contribution in [0.15, 0.2) is 36.8 Å². The van der Waals surface area contributed by atoms with Crippen LogP contribution >= 0.6 is 0 Å². The van der Waals surface area contributed by atoms with Crippen LogP contribution in [-0.4, -0.2) is 43.3 Å². The molecule has 30 heavy (non-hydrogen) atoms. The van der Waals surface area contributed by atoms with E-state index in [-0.39, 0.29) is 23.8 Å². The summed E-state index contributed by atoms with van der Waals surface area (Å²) in [7, 11) is 5.11. The number of nitrogens with zero attached hydrogens (tertiary/aromatic N) is 5. The van der Waals surface area contributed by atoms with Crippen LogP contribution in [-0.2, 0) is 20.5 Å². The standard InChI is InChI=1S/C20H21FN6O3/c1-25-10-15-14(17(25)18(28)23-13-6-4-12(21)5-7-13)8-9-16(15)27(3)20(29)30-19-22-11-26(2)24-19/h4-7,10-11,16H,8-9H2,1-3H3,(H,23,28). The number of carbonyl (C=O) groups is 2. The first-order valence-electron chi connectivity index (χ1n) is 9.38. The summed E-state index contributed by atoms with van der Waals surface area (Å²) in [5.74, 6) is -0.652. The second kappa shape index (κ2) is 7.62. The van der Waals surface area contributed by atoms with E-state index in [0.717, 1.165) is 11.1 Å². The zero-order valence-electron chi connectivity index (χ0n) is 16.8. The second-order valence-corrected chi connectivity index (χ2v) is 7.22. The summed E-state index contributed by atoms with van der Waals surface area (Å²) in [5.41, 5.74) is 2.81. The highest BCUT2D eigenvalue weighted by Gasteiger charge is 2.35. The Kier molecular flexibility index (Phi) is 4.98. The van der Waals surface area contributed by atoms with Gasteiger partial charge in [-0.25, -0.2) is 9.18 Å². The highest BCUT2D eigenvalue weighted by Crippen LogP contribution is 2.38. The molecule has 0 radical (unpaired) electrons. The molecule has 2 amide bonds. The number of hydrogen-bond donors (Lipinski definition) is 1. The third-order valence-electron chi connectivity index (χ3n) is 5.18. The maximum Gasteiger partial charge on any atom is 0.417 e. The van der Waals surface area contributed by atoms with Gasteiger partial charge in [0, 0.05) is 33.0 Å². The van der Waals surface area contributed by atoms with Gasteiger partial charge in [0.1, 0.15) is 17.8 Å². The molecule has 0 saturated heterocycles. The van der Waals surface area contributed by atoms with Gasteiger partial charge in [0.2, 0.25) is 0 Å². The van der Waals surface area contributed by atoms with Crippen molar-refractivity contribution in [1.29, 1.82) is 0 Å². The predicted molar refractivity (Wildman–Crippen MR) is 106 cm³/mol. The first kappa shape index (κ1) is 19.6. The van der Waals surface area contributed by atoms with Crippen molar-refractivity contribution >= 4 is 17.7 Å². The summed E-state index contributed by atoms with van der Waals surface area (Å²) in [6.07, 6.45) is 4.05. The Morgan fingerprint density at radius 2 is 2.00 bits per heavy atom. The van der Waals surface area contributed by atoms with Crippen molar-refractivity contribution in [2.45, 2.75) is 18.9 Å². The van der Waals surface area contributed by atoms with Crippen LogP contribution in [0.4, 0.5) is 14.9 Å². The number of benzene rings is 1. The van der Waals surface area contributed by atoms with Crippen molar-refractivity contribution in [2.75, 3.05) is 12.4 Å². The first-order valence-corrected chi connectivity index (χ1v) is 9.38. The molecule has 0 fully saturated rings. The van der Waals surface area contributed by atoms with Crippen molar-refractivity contribution in [3.8, 4) is 6.01 Å². The summed E-state index contributed by atoms with van der Waals surface area (Å²) in [4.78, 5) is 30.7. The first-order chi connectivity index (χ1) is 14.3. The molecule has 0 bridgehead atoms. The SMILES string of the molecule is CN(C(=O)Oc1ncn(C)n1)C1CCc2c1cn(C)c2C(=O)Nc1ccc(F)cc1. The third-order valence-corrected chi connectivity index (χ3v) is 5.18. The van der Waals surface area contributed by atoms with Crippen molar-refractivity contribution in [1.82, 2.24) is 24.2 Å². The Labute approximate surface area is 172 Å². The van der Waals surface area contributed by atoms with E-state index in [0.29, 0.717) is 24.2 Å². The van der Waals surface area contributed by atoms with Crippen LogP contribution in [0.3, 0.4) is 0 Å². The highest BCUT2D eigenvalue weighted by atomic mass is 19.1. The van der Waals surface area contributed by atoms with E-state index >= 15 is 0 Å². The average Bonchev–Trinajstić information content (AvgIpc) is 3.37. The van der Waals surface area contributed by atoms with E-state index in [2.05, 4.69) is 15.4 Å². The Morgan fingerprint density at radius 3 is 2.67 bits per heavy atom. The minimum atomic E-state index is -0.569. The fourth-order valence-corrected chi connectivity index (χ4v) is 3.75. The Bertz CT molecular complexity index is 1100. The van der Waals surface area contributed by atoms with Gasteiger partial charge >= 0.3 is 12.1 Å². The van der Waals surface area contributed by atoms with Crippen molar-refractivity contribution in [3.05, 3.63) is 59.4 Å². The molecule has 0 spiro atoms. The Balaban J connectivity index is 1.52. The largest absolute Gasteiger partial charge is 0.417 e. The van der Waals surface area contributed by atoms with Gasteiger partial charge in [-0.3, -0.25) is 9.48 Å². The number of amides is 2. The average molecular weight is 412 g/mol. The zero-order chi connectivity index (χ0) is 21.4. The summed E-state index contributed by atoms with van der Waals surface area (Å²) in [5, 5.41) is 6.74. The van der Waals surface area contributed by atoms with Crippen molar-refractivity contribution in [3.63, 3.8) is 0 Å². The molecule has 2 aromatic heterocycles. The summed E-state index contributed by atoms with van der Waals surface area (Å²) >= 11 is 0. The number of ether oxygens (including phenoxy) is 1. The van der Waals surface area contributed by atoms with Crippen LogP contribution in [0, 0.1) is 5.82 Å². The van der Waals surface area contributed by atoms with E-state index in [1.54, 1.807) is 25.7 Å². The molecule has 9 nitrogen and oxygen atoms in total. The van der Waals surface area contributed by atoms with Gasteiger partial charge < -0.3 is 19.5 Å². The van der Waals surface area contributed by atoms with E-state index in [1.165, 1.54) is 40.2 Å². The topological polar surface area (TPSA) is 94.3 Å². The molecule has 4 rings (SSSR count). The van der Waals surface area contributed by atoms with Gasteiger partial charge in [0.15, 0.2) is 0 Å². The number of anilines is 1. The Morgan fingerprint density at radius 1 is 1.27 bits per heavy atom. The van der Waals surface area contributed by atoms with Crippen LogP contribution in [0.1, 0.15) is 34.1 Å². The zero-order valence-corrected chi connectivity index (χ0v) is 16.8. The lowest BCUT2D eigenvalue weighted by Crippen LogP contribution is -2.32. The summed E-state index contributed by atoms with van der Waals surface area (Å²) < 4.78 is 21.5. The molecule has 2 heterocycles. The molecule has 10 heteroatoms. The highest BCUT2D eigenvalue weighted by molar-refractivity contribution is 6.04. The lowest BCUT2D eigenvalue weighted by molar-refractivity contribution is 0.101. The quantitative estimate of drug-likeness (QED) is 0.711. The molecule has 1 N–H and O–H groups in total. The van der Waals surface area contributed by atoms with Crippen molar-refractivity contribution in [2.24, 2.45) is 14.1 Å². The predicted octanol–water partition coefficient (Wildman–Crippen LogP) is 2.66. The fourth-order valence-electron chi connectivity index (χ4n) is 3.75. The van der Waals surface area contributed by atoms with Gasteiger partial charge in [-0.1, -0.05) is 0 Å². The normalized spacial score (nSPS) is 15.0. The summed E-state index contributed by atoms with van der Waals surface area (Å²) in [6, 6.07) is 5.36. The fraction of sp³-hybridized carbons (Fsp3) is 0.300. The number of aryl methyl sites for hydroxylation is 2. The van der Waals surface area contributed by atoms with Crippen molar-refractivity contribution < 1.29 is 18.7 Å². The number of rotatable bonds is 4. The van der Waals surface area contributed by atoms with Gasteiger partial charge in [0.25, 0.3) is 5.91 Å². The van der Waals surface area contributed by atoms with Gasteiger partial charge in [-0.2, -0.15) is 4.98 Å². The lowest BCUT2D eigenvalue weighted by Gasteiger charge is -2.23. The molecule has 3 aromatic rings. The maximum absolute atomic E-state index is 13.1. The second-order valence-electron chi connectivity index (χ2n) is 7.22. The molecular weight excluding hydrogens is 391 g/mol. The number of carbonyl (C=O) groups excluding carboxylic acids is 2. The van der Waals surface area contributed by atoms with Gasteiger partial charge in [-0.05, 0) is 48.2 Å². The van der Waals surface area contributed by atoms with Crippen LogP contribution in [0.25, 0.3) is 0 Å². The van der Waals surface area contributed by atoms with E-state index in [9.17, 15) is 14.0 Å². The molecule has 1 aliphatic rings. The summed E-state index contributed by atoms with van der Waals surface area (Å²) in [6.45, 7) is 0. The Hall–Kier alpha value is -3.69. The molecule has 1 unspecified atom stereocenters.